The highest BCUT2D eigenvalue weighted by Gasteiger charge is 2.26. The molecule has 1 aromatic carbocycles. The third kappa shape index (κ3) is 3.60. The monoisotopic (exact) mass is 360 g/mol. The van der Waals surface area contributed by atoms with Crippen LogP contribution in [-0.4, -0.2) is 39.1 Å². The Kier molecular flexibility index (Phi) is 5.03. The molecule has 0 radical (unpaired) electrons. The third-order valence-electron chi connectivity index (χ3n) is 4.69. The first kappa shape index (κ1) is 18.1. The minimum Gasteiger partial charge on any atom is -0.502 e. The number of rotatable bonds is 4. The molecule has 1 atom stereocenters. The van der Waals surface area contributed by atoms with Gasteiger partial charge in [0.05, 0.1) is 18.2 Å². The molecule has 0 bridgehead atoms. The quantitative estimate of drug-likeness (QED) is 0.848. The maximum atomic E-state index is 12.9. The number of halogens is 1. The molecule has 1 amide bonds. The molecule has 1 aliphatic heterocycles. The number of amides is 1. The normalized spacial score (nSPS) is 17.0. The van der Waals surface area contributed by atoms with Crippen molar-refractivity contribution in [3.05, 3.63) is 57.5 Å². The molecule has 26 heavy (non-hydrogen) atoms. The number of nitrogens with zero attached hydrogens (tertiary/aromatic N) is 3. The van der Waals surface area contributed by atoms with Crippen LogP contribution < -0.4 is 10.9 Å². The zero-order valence-corrected chi connectivity index (χ0v) is 14.7. The Hall–Kier alpha value is -2.74. The van der Waals surface area contributed by atoms with Gasteiger partial charge in [0.2, 0.25) is 11.7 Å². The lowest BCUT2D eigenvalue weighted by atomic mass is 10.1. The van der Waals surface area contributed by atoms with Crippen LogP contribution in [0, 0.1) is 5.82 Å². The van der Waals surface area contributed by atoms with E-state index in [1.165, 1.54) is 16.7 Å². The van der Waals surface area contributed by atoms with Gasteiger partial charge in [-0.1, -0.05) is 12.1 Å². The molecule has 0 fully saturated rings. The van der Waals surface area contributed by atoms with Gasteiger partial charge in [0.25, 0.3) is 5.56 Å². The van der Waals surface area contributed by atoms with E-state index in [0.29, 0.717) is 18.9 Å². The molecule has 7 nitrogen and oxygen atoms in total. The highest BCUT2D eigenvalue weighted by Crippen LogP contribution is 2.22. The average molecular weight is 360 g/mol. The maximum Gasteiger partial charge on any atom is 0.296 e. The van der Waals surface area contributed by atoms with Crippen LogP contribution in [0.1, 0.15) is 30.0 Å². The van der Waals surface area contributed by atoms with Gasteiger partial charge >= 0.3 is 0 Å². The summed E-state index contributed by atoms with van der Waals surface area (Å²) in [4.78, 5) is 31.0. The number of aromatic hydroxyl groups is 1. The Balaban J connectivity index is 1.75. The Morgan fingerprint density at radius 2 is 2.04 bits per heavy atom. The van der Waals surface area contributed by atoms with Gasteiger partial charge in [0.1, 0.15) is 11.6 Å². The van der Waals surface area contributed by atoms with Gasteiger partial charge in [-0.2, -0.15) is 0 Å². The summed E-state index contributed by atoms with van der Waals surface area (Å²) in [6, 6.07) is 5.70. The third-order valence-corrected chi connectivity index (χ3v) is 4.69. The Bertz CT molecular complexity index is 879. The van der Waals surface area contributed by atoms with Crippen molar-refractivity contribution >= 4 is 5.91 Å². The first-order chi connectivity index (χ1) is 12.4. The van der Waals surface area contributed by atoms with Crippen LogP contribution in [0.3, 0.4) is 0 Å². The molecule has 8 heteroatoms. The van der Waals surface area contributed by atoms with E-state index in [4.69, 9.17) is 0 Å². The van der Waals surface area contributed by atoms with E-state index in [1.807, 2.05) is 14.0 Å². The molecule has 138 valence electrons. The van der Waals surface area contributed by atoms with Gasteiger partial charge in [-0.15, -0.1) is 0 Å². The number of nitrogens with one attached hydrogen (secondary N) is 1. The van der Waals surface area contributed by atoms with Gasteiger partial charge in [0.15, 0.2) is 0 Å². The number of likely N-dealkylation sites (N-methyl/N-ethyl adjacent to an activating group) is 1. The van der Waals surface area contributed by atoms with Crippen molar-refractivity contribution in [2.45, 2.75) is 32.5 Å². The van der Waals surface area contributed by atoms with Crippen molar-refractivity contribution in [2.75, 3.05) is 13.6 Å². The smallest absolute Gasteiger partial charge is 0.296 e. The van der Waals surface area contributed by atoms with Crippen molar-refractivity contribution in [1.29, 1.82) is 0 Å². The van der Waals surface area contributed by atoms with Gasteiger partial charge in [-0.05, 0) is 31.7 Å². The summed E-state index contributed by atoms with van der Waals surface area (Å²) in [6.07, 6.45) is -0.202. The molecular weight excluding hydrogens is 339 g/mol. The summed E-state index contributed by atoms with van der Waals surface area (Å²) < 4.78 is 14.4. The van der Waals surface area contributed by atoms with Crippen molar-refractivity contribution < 1.29 is 14.3 Å². The molecule has 0 saturated carbocycles. The summed E-state index contributed by atoms with van der Waals surface area (Å²) in [5.74, 6) is -0.661. The second-order valence-electron chi connectivity index (χ2n) is 6.46. The summed E-state index contributed by atoms with van der Waals surface area (Å²) in [5, 5.41) is 12.8. The Morgan fingerprint density at radius 1 is 1.35 bits per heavy atom. The maximum absolute atomic E-state index is 12.9. The van der Waals surface area contributed by atoms with Crippen LogP contribution in [-0.2, 0) is 24.3 Å². The largest absolute Gasteiger partial charge is 0.502 e. The van der Waals surface area contributed by atoms with Crippen LogP contribution in [0.15, 0.2) is 29.1 Å². The molecular formula is C18H21FN4O3. The molecule has 2 N–H and O–H groups in total. The fraction of sp³-hybridized carbons (Fsp3) is 0.389. The number of hydrogen-bond acceptors (Lipinski definition) is 5. The van der Waals surface area contributed by atoms with Crippen molar-refractivity contribution in [3.63, 3.8) is 0 Å². The predicted molar refractivity (Wildman–Crippen MR) is 93.2 cm³/mol. The Labute approximate surface area is 150 Å². The molecule has 1 aliphatic rings. The van der Waals surface area contributed by atoms with E-state index >= 15 is 0 Å². The number of aromatic nitrogens is 2. The molecule has 0 aliphatic carbocycles. The van der Waals surface area contributed by atoms with Gasteiger partial charge < -0.3 is 10.4 Å². The minimum atomic E-state index is -0.517. The number of carbonyl (C=O) groups is 1. The van der Waals surface area contributed by atoms with E-state index in [-0.39, 0.29) is 36.4 Å². The average Bonchev–Trinajstić information content (AvgIpc) is 2.62. The number of benzene rings is 1. The minimum absolute atomic E-state index is 0.0695. The van der Waals surface area contributed by atoms with Gasteiger partial charge in [-0.3, -0.25) is 19.1 Å². The van der Waals surface area contributed by atoms with Crippen molar-refractivity contribution in [1.82, 2.24) is 19.8 Å². The zero-order valence-electron chi connectivity index (χ0n) is 14.7. The second kappa shape index (κ2) is 7.25. The first-order valence-electron chi connectivity index (χ1n) is 8.40. The van der Waals surface area contributed by atoms with E-state index < -0.39 is 11.3 Å². The molecule has 0 spiro atoms. The predicted octanol–water partition coefficient (Wildman–Crippen LogP) is 0.953. The van der Waals surface area contributed by atoms with E-state index in [1.54, 1.807) is 12.1 Å². The SMILES string of the molecule is CC1c2nc(CC(=O)NCc3ccc(F)cc3)c(O)c(=O)n2CCN1C. The summed E-state index contributed by atoms with van der Waals surface area (Å²) in [5.41, 5.74) is 0.300. The van der Waals surface area contributed by atoms with Crippen LogP contribution in [0.25, 0.3) is 0 Å². The summed E-state index contributed by atoms with van der Waals surface area (Å²) >= 11 is 0. The molecule has 1 aromatic heterocycles. The van der Waals surface area contributed by atoms with E-state index in [0.717, 1.165) is 5.56 Å². The van der Waals surface area contributed by atoms with Crippen LogP contribution in [0.2, 0.25) is 0 Å². The molecule has 3 rings (SSSR count). The van der Waals surface area contributed by atoms with Crippen molar-refractivity contribution in [3.8, 4) is 5.75 Å². The number of hydrogen-bond donors (Lipinski definition) is 2. The topological polar surface area (TPSA) is 87.5 Å². The lowest BCUT2D eigenvalue weighted by Gasteiger charge is -2.32. The zero-order chi connectivity index (χ0) is 18.8. The highest BCUT2D eigenvalue weighted by atomic mass is 19.1. The van der Waals surface area contributed by atoms with Crippen LogP contribution in [0.5, 0.6) is 5.75 Å². The lowest BCUT2D eigenvalue weighted by molar-refractivity contribution is -0.120. The van der Waals surface area contributed by atoms with Gasteiger partial charge in [0, 0.05) is 19.6 Å². The molecule has 2 aromatic rings. The molecule has 1 unspecified atom stereocenters. The molecule has 2 heterocycles. The number of fused-ring (bicyclic) bond motifs is 1. The second-order valence-corrected chi connectivity index (χ2v) is 6.46. The van der Waals surface area contributed by atoms with Gasteiger partial charge in [-0.25, -0.2) is 9.37 Å². The highest BCUT2D eigenvalue weighted by molar-refractivity contribution is 5.78. The van der Waals surface area contributed by atoms with Crippen molar-refractivity contribution in [2.24, 2.45) is 0 Å². The van der Waals surface area contributed by atoms with Crippen LogP contribution in [0.4, 0.5) is 4.39 Å². The van der Waals surface area contributed by atoms with E-state index in [2.05, 4.69) is 15.2 Å². The number of carbonyl (C=O) groups excluding carboxylic acids is 1. The van der Waals surface area contributed by atoms with E-state index in [9.17, 15) is 19.1 Å². The molecule has 0 saturated heterocycles. The first-order valence-corrected chi connectivity index (χ1v) is 8.40. The standard InChI is InChI=1S/C18H21FN4O3/c1-11-17-21-14(16(25)18(26)23(17)8-7-22(11)2)9-15(24)20-10-12-3-5-13(19)6-4-12/h3-6,11,25H,7-10H2,1-2H3,(H,20,24). The fourth-order valence-corrected chi connectivity index (χ4v) is 2.93. The fourth-order valence-electron chi connectivity index (χ4n) is 2.93. The summed E-state index contributed by atoms with van der Waals surface area (Å²) in [7, 11) is 1.93. The summed E-state index contributed by atoms with van der Waals surface area (Å²) in [6.45, 7) is 3.29. The lowest BCUT2D eigenvalue weighted by Crippen LogP contribution is -2.41. The van der Waals surface area contributed by atoms with Crippen LogP contribution >= 0.6 is 0 Å². The Morgan fingerprint density at radius 3 is 2.73 bits per heavy atom.